The molecular formula is C28H22N6O3. The first-order valence-corrected chi connectivity index (χ1v) is 12.1. The van der Waals surface area contributed by atoms with Gasteiger partial charge in [-0.1, -0.05) is 12.1 Å². The summed E-state index contributed by atoms with van der Waals surface area (Å²) in [6.07, 6.45) is 4.98. The number of carbonyl (C=O) groups is 2. The van der Waals surface area contributed by atoms with Gasteiger partial charge in [0.25, 0.3) is 5.91 Å². The van der Waals surface area contributed by atoms with Crippen LogP contribution in [0.1, 0.15) is 32.7 Å². The van der Waals surface area contributed by atoms with Gasteiger partial charge in [0.15, 0.2) is 0 Å². The third-order valence-corrected chi connectivity index (χ3v) is 7.54. The van der Waals surface area contributed by atoms with Crippen molar-refractivity contribution in [2.45, 2.75) is 24.7 Å². The van der Waals surface area contributed by atoms with Gasteiger partial charge < -0.3 is 20.6 Å². The summed E-state index contributed by atoms with van der Waals surface area (Å²) >= 11 is 0. The Hall–Kier alpha value is -4.79. The number of nitrogens with one attached hydrogen (secondary N) is 2. The Balaban J connectivity index is 1.13. The number of carbonyl (C=O) groups excluding carboxylic acids is 2. The molecule has 1 atom stereocenters. The van der Waals surface area contributed by atoms with Crippen LogP contribution in [0.25, 0.3) is 0 Å². The molecule has 9 nitrogen and oxygen atoms in total. The SMILES string of the molecule is O=C(c1cc(Nc2ccc3c(c2)CC2(C3)C(=O)Nc3ncccc32)ncn1)N1CCc2cc(O)ccc21. The van der Waals surface area contributed by atoms with Crippen molar-refractivity contribution in [2.75, 3.05) is 22.1 Å². The Bertz CT molecular complexity index is 1620. The number of aromatic hydroxyl groups is 1. The number of hydrogen-bond acceptors (Lipinski definition) is 7. The van der Waals surface area contributed by atoms with Crippen LogP contribution >= 0.6 is 0 Å². The highest BCUT2D eigenvalue weighted by Crippen LogP contribution is 2.47. The Morgan fingerprint density at radius 2 is 1.89 bits per heavy atom. The van der Waals surface area contributed by atoms with Gasteiger partial charge in [0, 0.05) is 35.7 Å². The quantitative estimate of drug-likeness (QED) is 0.402. The number of rotatable bonds is 3. The van der Waals surface area contributed by atoms with Gasteiger partial charge in [-0.25, -0.2) is 15.0 Å². The molecule has 0 fully saturated rings. The molecule has 0 radical (unpaired) electrons. The summed E-state index contributed by atoms with van der Waals surface area (Å²) in [5.74, 6) is 1.12. The van der Waals surface area contributed by atoms with Gasteiger partial charge >= 0.3 is 0 Å². The molecule has 1 unspecified atom stereocenters. The fourth-order valence-electron chi connectivity index (χ4n) is 5.77. The van der Waals surface area contributed by atoms with E-state index in [1.807, 2.05) is 30.3 Å². The molecule has 0 bridgehead atoms. The van der Waals surface area contributed by atoms with E-state index in [1.54, 1.807) is 35.4 Å². The second kappa shape index (κ2) is 7.86. The number of phenols is 1. The number of nitrogens with zero attached hydrogens (tertiary/aromatic N) is 4. The zero-order valence-electron chi connectivity index (χ0n) is 19.7. The molecule has 3 aliphatic rings. The van der Waals surface area contributed by atoms with Gasteiger partial charge in [-0.05, 0) is 72.4 Å². The van der Waals surface area contributed by atoms with Gasteiger partial charge in [0.2, 0.25) is 5.91 Å². The zero-order valence-corrected chi connectivity index (χ0v) is 19.7. The molecule has 2 aromatic heterocycles. The number of phenolic OH excluding ortho intramolecular Hbond substituents is 1. The summed E-state index contributed by atoms with van der Waals surface area (Å²) in [7, 11) is 0. The standard InChI is InChI=1S/C28H22N6O3/c35-20-5-6-23-16(11-20)7-9-34(23)26(36)22-12-24(31-15-30-22)32-19-4-3-17-13-28(14-18(17)10-19)21-2-1-8-29-25(21)33-27(28)37/h1-6,8,10-12,15,35H,7,9,13-14H2,(H,29,33,37)(H,30,31,32). The van der Waals surface area contributed by atoms with E-state index in [2.05, 4.69) is 25.6 Å². The predicted molar refractivity (Wildman–Crippen MR) is 137 cm³/mol. The molecular weight excluding hydrogens is 468 g/mol. The number of amides is 2. The number of aromatic nitrogens is 3. The Labute approximate surface area is 212 Å². The average Bonchev–Trinajstić information content (AvgIpc) is 3.57. The van der Waals surface area contributed by atoms with Gasteiger partial charge in [0.1, 0.15) is 29.4 Å². The van der Waals surface area contributed by atoms with E-state index in [0.717, 1.165) is 33.6 Å². The molecule has 0 saturated heterocycles. The first kappa shape index (κ1) is 21.5. The van der Waals surface area contributed by atoms with Crippen molar-refractivity contribution in [2.24, 2.45) is 0 Å². The van der Waals surface area contributed by atoms with E-state index in [4.69, 9.17) is 0 Å². The van der Waals surface area contributed by atoms with Crippen molar-refractivity contribution in [3.8, 4) is 5.75 Å². The van der Waals surface area contributed by atoms with Gasteiger partial charge in [-0.15, -0.1) is 0 Å². The first-order chi connectivity index (χ1) is 18.0. The first-order valence-electron chi connectivity index (χ1n) is 12.1. The molecule has 2 aliphatic heterocycles. The summed E-state index contributed by atoms with van der Waals surface area (Å²) in [5.41, 5.74) is 5.38. The summed E-state index contributed by atoms with van der Waals surface area (Å²) in [4.78, 5) is 40.7. The third kappa shape index (κ3) is 3.35. The van der Waals surface area contributed by atoms with Crippen molar-refractivity contribution < 1.29 is 14.7 Å². The van der Waals surface area contributed by atoms with Crippen LogP contribution in [-0.4, -0.2) is 38.4 Å². The minimum Gasteiger partial charge on any atom is -0.508 e. The van der Waals surface area contributed by atoms with E-state index in [0.29, 0.717) is 37.4 Å². The Kier molecular flexibility index (Phi) is 4.56. The van der Waals surface area contributed by atoms with E-state index in [-0.39, 0.29) is 23.3 Å². The van der Waals surface area contributed by atoms with Crippen molar-refractivity contribution in [1.29, 1.82) is 0 Å². The third-order valence-electron chi connectivity index (χ3n) is 7.54. The lowest BCUT2D eigenvalue weighted by Gasteiger charge is -2.20. The van der Waals surface area contributed by atoms with Gasteiger partial charge in [-0.3, -0.25) is 9.59 Å². The summed E-state index contributed by atoms with van der Waals surface area (Å²) in [6, 6.07) is 16.6. The Morgan fingerprint density at radius 3 is 2.81 bits per heavy atom. The molecule has 1 spiro atoms. The number of hydrogen-bond donors (Lipinski definition) is 3. The molecule has 2 amide bonds. The molecule has 4 aromatic rings. The predicted octanol–water partition coefficient (Wildman–Crippen LogP) is 3.51. The van der Waals surface area contributed by atoms with Crippen LogP contribution in [-0.2, 0) is 29.5 Å². The molecule has 2 aromatic carbocycles. The zero-order chi connectivity index (χ0) is 25.1. The normalized spacial score (nSPS) is 18.9. The lowest BCUT2D eigenvalue weighted by Crippen LogP contribution is -2.35. The van der Waals surface area contributed by atoms with Crippen LogP contribution in [0.5, 0.6) is 5.75 Å². The smallest absolute Gasteiger partial charge is 0.277 e. The highest BCUT2D eigenvalue weighted by Gasteiger charge is 2.51. The largest absolute Gasteiger partial charge is 0.508 e. The van der Waals surface area contributed by atoms with Crippen molar-refractivity contribution in [3.05, 3.63) is 95.1 Å². The van der Waals surface area contributed by atoms with Crippen molar-refractivity contribution in [1.82, 2.24) is 15.0 Å². The summed E-state index contributed by atoms with van der Waals surface area (Å²) in [5, 5.41) is 16.0. The maximum Gasteiger partial charge on any atom is 0.277 e. The molecule has 182 valence electrons. The molecule has 1 aliphatic carbocycles. The number of benzene rings is 2. The lowest BCUT2D eigenvalue weighted by molar-refractivity contribution is -0.120. The van der Waals surface area contributed by atoms with Crippen LogP contribution in [0, 0.1) is 0 Å². The average molecular weight is 491 g/mol. The molecule has 37 heavy (non-hydrogen) atoms. The molecule has 4 heterocycles. The van der Waals surface area contributed by atoms with Crippen molar-refractivity contribution in [3.63, 3.8) is 0 Å². The topological polar surface area (TPSA) is 120 Å². The van der Waals surface area contributed by atoms with Crippen LogP contribution in [0.15, 0.2) is 67.1 Å². The molecule has 7 rings (SSSR count). The van der Waals surface area contributed by atoms with Crippen LogP contribution in [0.4, 0.5) is 23.0 Å². The fourth-order valence-corrected chi connectivity index (χ4v) is 5.77. The van der Waals surface area contributed by atoms with E-state index in [1.165, 1.54) is 6.33 Å². The number of pyridine rings is 1. The van der Waals surface area contributed by atoms with Crippen LogP contribution < -0.4 is 15.5 Å². The second-order valence-electron chi connectivity index (χ2n) is 9.71. The minimum atomic E-state index is -0.623. The second-order valence-corrected chi connectivity index (χ2v) is 9.71. The molecule has 0 saturated carbocycles. The van der Waals surface area contributed by atoms with Gasteiger partial charge in [0.05, 0.1) is 5.41 Å². The highest BCUT2D eigenvalue weighted by atomic mass is 16.3. The molecule has 9 heteroatoms. The minimum absolute atomic E-state index is 0.00966. The maximum absolute atomic E-state index is 13.2. The number of fused-ring (bicyclic) bond motifs is 4. The van der Waals surface area contributed by atoms with Crippen LogP contribution in [0.3, 0.4) is 0 Å². The van der Waals surface area contributed by atoms with Gasteiger partial charge in [-0.2, -0.15) is 0 Å². The summed E-state index contributed by atoms with van der Waals surface area (Å²) < 4.78 is 0. The number of anilines is 4. The van der Waals surface area contributed by atoms with E-state index < -0.39 is 5.41 Å². The Morgan fingerprint density at radius 1 is 1.00 bits per heavy atom. The van der Waals surface area contributed by atoms with E-state index >= 15 is 0 Å². The summed E-state index contributed by atoms with van der Waals surface area (Å²) in [6.45, 7) is 0.531. The lowest BCUT2D eigenvalue weighted by atomic mass is 9.79. The van der Waals surface area contributed by atoms with E-state index in [9.17, 15) is 14.7 Å². The van der Waals surface area contributed by atoms with Crippen LogP contribution in [0.2, 0.25) is 0 Å². The maximum atomic E-state index is 13.2. The van der Waals surface area contributed by atoms with Crippen molar-refractivity contribution >= 4 is 34.8 Å². The monoisotopic (exact) mass is 490 g/mol. The fraction of sp³-hybridized carbons (Fsp3) is 0.179. The molecule has 3 N–H and O–H groups in total. The highest BCUT2D eigenvalue weighted by molar-refractivity contribution is 6.07.